The van der Waals surface area contributed by atoms with Crippen LogP contribution < -0.4 is 5.32 Å². The molecule has 1 N–H and O–H groups in total. The van der Waals surface area contributed by atoms with Gasteiger partial charge in [0.15, 0.2) is 0 Å². The van der Waals surface area contributed by atoms with Crippen molar-refractivity contribution in [2.75, 3.05) is 25.5 Å². The average Bonchev–Trinajstić information content (AvgIpc) is 2.91. The Balaban J connectivity index is 1.56. The van der Waals surface area contributed by atoms with E-state index in [2.05, 4.69) is 51.6 Å². The number of hydrogen-bond donors (Lipinski definition) is 1. The van der Waals surface area contributed by atoms with Crippen LogP contribution in [-0.2, 0) is 6.54 Å². The third kappa shape index (κ3) is 4.04. The number of likely N-dealkylation sites (tertiary alicyclic amines) is 1. The number of nitrogens with one attached hydrogen (secondary N) is 1. The molecule has 0 aliphatic carbocycles. The van der Waals surface area contributed by atoms with Crippen molar-refractivity contribution in [3.05, 3.63) is 42.5 Å². The molecule has 1 fully saturated rings. The highest BCUT2D eigenvalue weighted by Gasteiger charge is 2.14. The molecular weight excluding hydrogens is 262 g/mol. The van der Waals surface area contributed by atoms with E-state index in [0.29, 0.717) is 6.04 Å². The van der Waals surface area contributed by atoms with E-state index in [1.54, 1.807) is 12.7 Å². The summed E-state index contributed by atoms with van der Waals surface area (Å²) in [5.41, 5.74) is 2.46. The van der Waals surface area contributed by atoms with E-state index in [-0.39, 0.29) is 0 Å². The number of anilines is 1. The maximum absolute atomic E-state index is 4.13. The van der Waals surface area contributed by atoms with Crippen LogP contribution in [0.25, 0.3) is 0 Å². The zero-order valence-corrected chi connectivity index (χ0v) is 12.6. The molecule has 0 saturated carbocycles. The predicted molar refractivity (Wildman–Crippen MR) is 84.3 cm³/mol. The Morgan fingerprint density at radius 3 is 2.81 bits per heavy atom. The molecule has 1 atom stereocenters. The second-order valence-electron chi connectivity index (χ2n) is 5.87. The zero-order chi connectivity index (χ0) is 14.5. The second kappa shape index (κ2) is 6.72. The molecule has 5 heteroatoms. The Labute approximate surface area is 126 Å². The fourth-order valence-corrected chi connectivity index (χ4v) is 2.83. The smallest absolute Gasteiger partial charge is 0.137 e. The highest BCUT2D eigenvalue weighted by atomic mass is 15.3. The van der Waals surface area contributed by atoms with Crippen LogP contribution in [0, 0.1) is 0 Å². The van der Waals surface area contributed by atoms with E-state index in [1.807, 2.05) is 4.68 Å². The number of hydrogen-bond acceptors (Lipinski definition) is 4. The molecule has 0 amide bonds. The lowest BCUT2D eigenvalue weighted by molar-refractivity contribution is 0.348. The van der Waals surface area contributed by atoms with E-state index >= 15 is 0 Å². The van der Waals surface area contributed by atoms with Crippen molar-refractivity contribution in [3.63, 3.8) is 0 Å². The normalized spacial score (nSPS) is 20.1. The van der Waals surface area contributed by atoms with Crippen molar-refractivity contribution in [3.8, 4) is 0 Å². The first-order valence-electron chi connectivity index (χ1n) is 7.66. The first-order valence-corrected chi connectivity index (χ1v) is 7.66. The lowest BCUT2D eigenvalue weighted by atomic mass is 10.1. The number of rotatable bonds is 4. The SMILES string of the molecule is CN1CCCC(Nc2ccc(Cn3cncn3)cc2)CC1. The highest BCUT2D eigenvalue weighted by Crippen LogP contribution is 2.17. The maximum Gasteiger partial charge on any atom is 0.137 e. The second-order valence-corrected chi connectivity index (χ2v) is 5.87. The van der Waals surface area contributed by atoms with Gasteiger partial charge in [-0.2, -0.15) is 5.10 Å². The Bertz CT molecular complexity index is 534. The minimum atomic E-state index is 0.594. The molecule has 112 valence electrons. The highest BCUT2D eigenvalue weighted by molar-refractivity contribution is 5.45. The third-order valence-corrected chi connectivity index (χ3v) is 4.09. The molecule has 2 heterocycles. The third-order valence-electron chi connectivity index (χ3n) is 4.09. The summed E-state index contributed by atoms with van der Waals surface area (Å²) in [6, 6.07) is 9.25. The fourth-order valence-electron chi connectivity index (χ4n) is 2.83. The molecule has 1 saturated heterocycles. The van der Waals surface area contributed by atoms with Gasteiger partial charge in [0, 0.05) is 11.7 Å². The van der Waals surface area contributed by atoms with Crippen molar-refractivity contribution in [2.24, 2.45) is 0 Å². The lowest BCUT2D eigenvalue weighted by Crippen LogP contribution is -2.22. The monoisotopic (exact) mass is 285 g/mol. The quantitative estimate of drug-likeness (QED) is 0.935. The molecule has 1 aliphatic rings. The molecule has 0 radical (unpaired) electrons. The summed E-state index contributed by atoms with van der Waals surface area (Å²) in [6.45, 7) is 3.17. The molecular formula is C16H23N5. The lowest BCUT2D eigenvalue weighted by Gasteiger charge is -2.18. The van der Waals surface area contributed by atoms with Crippen LogP contribution >= 0.6 is 0 Å². The predicted octanol–water partition coefficient (Wildman–Crippen LogP) is 2.22. The van der Waals surface area contributed by atoms with Gasteiger partial charge in [-0.15, -0.1) is 0 Å². The number of aromatic nitrogens is 3. The van der Waals surface area contributed by atoms with Gasteiger partial charge in [-0.05, 0) is 57.1 Å². The van der Waals surface area contributed by atoms with Gasteiger partial charge < -0.3 is 10.2 Å². The van der Waals surface area contributed by atoms with Crippen LogP contribution in [0.4, 0.5) is 5.69 Å². The van der Waals surface area contributed by atoms with E-state index in [9.17, 15) is 0 Å². The minimum absolute atomic E-state index is 0.594. The van der Waals surface area contributed by atoms with Gasteiger partial charge in [0.1, 0.15) is 12.7 Å². The van der Waals surface area contributed by atoms with Gasteiger partial charge in [-0.3, -0.25) is 0 Å². The van der Waals surface area contributed by atoms with Gasteiger partial charge in [-0.1, -0.05) is 12.1 Å². The van der Waals surface area contributed by atoms with E-state index in [4.69, 9.17) is 0 Å². The van der Waals surface area contributed by atoms with Gasteiger partial charge >= 0.3 is 0 Å². The Kier molecular flexibility index (Phi) is 4.50. The van der Waals surface area contributed by atoms with Crippen molar-refractivity contribution in [1.29, 1.82) is 0 Å². The van der Waals surface area contributed by atoms with Crippen molar-refractivity contribution < 1.29 is 0 Å². The van der Waals surface area contributed by atoms with Crippen molar-refractivity contribution >= 4 is 5.69 Å². The van der Waals surface area contributed by atoms with Crippen LogP contribution in [0.15, 0.2) is 36.9 Å². The summed E-state index contributed by atoms with van der Waals surface area (Å²) in [5, 5.41) is 7.80. The van der Waals surface area contributed by atoms with Gasteiger partial charge in [-0.25, -0.2) is 9.67 Å². The minimum Gasteiger partial charge on any atom is -0.382 e. The van der Waals surface area contributed by atoms with Crippen LogP contribution in [0.3, 0.4) is 0 Å². The van der Waals surface area contributed by atoms with Crippen LogP contribution in [-0.4, -0.2) is 45.8 Å². The molecule has 0 bridgehead atoms. The van der Waals surface area contributed by atoms with Crippen molar-refractivity contribution in [2.45, 2.75) is 31.8 Å². The first kappa shape index (κ1) is 14.1. The van der Waals surface area contributed by atoms with E-state index in [0.717, 1.165) is 6.54 Å². The largest absolute Gasteiger partial charge is 0.382 e. The fraction of sp³-hybridized carbons (Fsp3) is 0.500. The molecule has 1 aliphatic heterocycles. The Morgan fingerprint density at radius 1 is 1.19 bits per heavy atom. The first-order chi connectivity index (χ1) is 10.3. The molecule has 21 heavy (non-hydrogen) atoms. The van der Waals surface area contributed by atoms with Crippen LogP contribution in [0.5, 0.6) is 0 Å². The van der Waals surface area contributed by atoms with E-state index in [1.165, 1.54) is 43.6 Å². The maximum atomic E-state index is 4.13. The molecule has 0 spiro atoms. The summed E-state index contributed by atoms with van der Waals surface area (Å²) >= 11 is 0. The van der Waals surface area contributed by atoms with Crippen LogP contribution in [0.1, 0.15) is 24.8 Å². The summed E-state index contributed by atoms with van der Waals surface area (Å²) < 4.78 is 1.84. The zero-order valence-electron chi connectivity index (χ0n) is 12.6. The number of benzene rings is 1. The molecule has 5 nitrogen and oxygen atoms in total. The molecule has 1 aromatic carbocycles. The van der Waals surface area contributed by atoms with Gasteiger partial charge in [0.2, 0.25) is 0 Å². The summed E-state index contributed by atoms with van der Waals surface area (Å²) in [4.78, 5) is 6.38. The topological polar surface area (TPSA) is 46.0 Å². The summed E-state index contributed by atoms with van der Waals surface area (Å²) in [5.74, 6) is 0. The molecule has 3 rings (SSSR count). The molecule has 2 aromatic rings. The summed E-state index contributed by atoms with van der Waals surface area (Å²) in [6.07, 6.45) is 7.06. The molecule has 1 aromatic heterocycles. The van der Waals surface area contributed by atoms with E-state index < -0.39 is 0 Å². The van der Waals surface area contributed by atoms with Crippen LogP contribution in [0.2, 0.25) is 0 Å². The Morgan fingerprint density at radius 2 is 2.05 bits per heavy atom. The summed E-state index contributed by atoms with van der Waals surface area (Å²) in [7, 11) is 2.21. The average molecular weight is 285 g/mol. The Hall–Kier alpha value is -1.88. The standard InChI is InChI=1S/C16H23N5/c1-20-9-2-3-15(8-10-20)19-16-6-4-14(5-7-16)11-21-13-17-12-18-21/h4-7,12-13,15,19H,2-3,8-11H2,1H3. The number of nitrogens with zero attached hydrogens (tertiary/aromatic N) is 4. The van der Waals surface area contributed by atoms with Crippen molar-refractivity contribution in [1.82, 2.24) is 19.7 Å². The van der Waals surface area contributed by atoms with Gasteiger partial charge in [0.05, 0.1) is 6.54 Å². The van der Waals surface area contributed by atoms with Gasteiger partial charge in [0.25, 0.3) is 0 Å². The molecule has 1 unspecified atom stereocenters.